The summed E-state index contributed by atoms with van der Waals surface area (Å²) < 4.78 is 19.1. The summed E-state index contributed by atoms with van der Waals surface area (Å²) in [6.45, 7) is 0. The Bertz CT molecular complexity index is 502. The summed E-state index contributed by atoms with van der Waals surface area (Å²) in [7, 11) is 0. The van der Waals surface area contributed by atoms with Crippen LogP contribution in [0.5, 0.6) is 11.5 Å². The van der Waals surface area contributed by atoms with Crippen LogP contribution in [-0.4, -0.2) is 0 Å². The zero-order valence-electron chi connectivity index (χ0n) is 8.28. The van der Waals surface area contributed by atoms with Gasteiger partial charge in [-0.15, -0.1) is 0 Å². The molecule has 2 rings (SSSR count). The standard InChI is InChI=1S/C12H9BrFNO/c13-9-6-11(15)12(7-10(9)14)16-8-4-2-1-3-5-8/h1-7H,15H2. The van der Waals surface area contributed by atoms with Crippen molar-refractivity contribution in [1.82, 2.24) is 0 Å². The third-order valence-electron chi connectivity index (χ3n) is 2.02. The molecule has 2 N–H and O–H groups in total. The molecule has 0 aliphatic rings. The monoisotopic (exact) mass is 281 g/mol. The molecule has 4 heteroatoms. The summed E-state index contributed by atoms with van der Waals surface area (Å²) in [5, 5.41) is 0. The second-order valence-electron chi connectivity index (χ2n) is 3.22. The quantitative estimate of drug-likeness (QED) is 0.846. The number of nitrogens with two attached hydrogens (primary N) is 1. The first-order valence-corrected chi connectivity index (χ1v) is 5.43. The van der Waals surface area contributed by atoms with E-state index >= 15 is 0 Å². The second-order valence-corrected chi connectivity index (χ2v) is 4.07. The highest BCUT2D eigenvalue weighted by Gasteiger charge is 2.07. The van der Waals surface area contributed by atoms with Crippen LogP contribution in [0.1, 0.15) is 0 Å². The molecule has 16 heavy (non-hydrogen) atoms. The van der Waals surface area contributed by atoms with Crippen molar-refractivity contribution in [3.63, 3.8) is 0 Å². The smallest absolute Gasteiger partial charge is 0.153 e. The summed E-state index contributed by atoms with van der Waals surface area (Å²) in [6.07, 6.45) is 0. The second kappa shape index (κ2) is 4.53. The summed E-state index contributed by atoms with van der Waals surface area (Å²) in [5.74, 6) is 0.531. The van der Waals surface area contributed by atoms with Gasteiger partial charge < -0.3 is 10.5 Å². The fraction of sp³-hybridized carbons (Fsp3) is 0. The van der Waals surface area contributed by atoms with Crippen LogP contribution in [-0.2, 0) is 0 Å². The van der Waals surface area contributed by atoms with E-state index in [2.05, 4.69) is 15.9 Å². The molecule has 0 saturated carbocycles. The van der Waals surface area contributed by atoms with Gasteiger partial charge in [0.25, 0.3) is 0 Å². The predicted molar refractivity (Wildman–Crippen MR) is 65.0 cm³/mol. The lowest BCUT2D eigenvalue weighted by Gasteiger charge is -2.09. The maximum Gasteiger partial charge on any atom is 0.153 e. The van der Waals surface area contributed by atoms with Crippen LogP contribution in [0.3, 0.4) is 0 Å². The summed E-state index contributed by atoms with van der Waals surface area (Å²) in [6, 6.07) is 11.8. The van der Waals surface area contributed by atoms with Crippen LogP contribution in [0.15, 0.2) is 46.9 Å². The lowest BCUT2D eigenvalue weighted by Crippen LogP contribution is -1.93. The summed E-state index contributed by atoms with van der Waals surface area (Å²) >= 11 is 3.06. The van der Waals surface area contributed by atoms with E-state index in [9.17, 15) is 4.39 Å². The van der Waals surface area contributed by atoms with Gasteiger partial charge in [0.05, 0.1) is 10.2 Å². The Morgan fingerprint density at radius 2 is 1.81 bits per heavy atom. The third kappa shape index (κ3) is 2.33. The molecule has 0 amide bonds. The van der Waals surface area contributed by atoms with Crippen LogP contribution in [0.4, 0.5) is 10.1 Å². The van der Waals surface area contributed by atoms with Gasteiger partial charge in [-0.1, -0.05) is 18.2 Å². The Balaban J connectivity index is 2.32. The van der Waals surface area contributed by atoms with Crippen molar-refractivity contribution in [3.8, 4) is 11.5 Å². The minimum Gasteiger partial charge on any atom is -0.455 e. The zero-order valence-corrected chi connectivity index (χ0v) is 9.87. The van der Waals surface area contributed by atoms with Crippen molar-refractivity contribution in [2.45, 2.75) is 0 Å². The van der Waals surface area contributed by atoms with Crippen molar-refractivity contribution in [3.05, 3.63) is 52.8 Å². The van der Waals surface area contributed by atoms with Gasteiger partial charge in [-0.2, -0.15) is 0 Å². The third-order valence-corrected chi connectivity index (χ3v) is 2.63. The van der Waals surface area contributed by atoms with E-state index in [1.807, 2.05) is 18.2 Å². The number of halogens is 2. The molecule has 2 nitrogen and oxygen atoms in total. The van der Waals surface area contributed by atoms with E-state index < -0.39 is 5.82 Å². The number of ether oxygens (including phenoxy) is 1. The first-order valence-electron chi connectivity index (χ1n) is 4.64. The van der Waals surface area contributed by atoms with Crippen molar-refractivity contribution in [2.24, 2.45) is 0 Å². The Kier molecular flexibility index (Phi) is 3.10. The van der Waals surface area contributed by atoms with Crippen LogP contribution in [0.2, 0.25) is 0 Å². The number of para-hydroxylation sites is 1. The molecule has 0 aliphatic carbocycles. The minimum absolute atomic E-state index is 0.312. The maximum absolute atomic E-state index is 13.3. The van der Waals surface area contributed by atoms with Gasteiger partial charge in [0.2, 0.25) is 0 Å². The number of rotatable bonds is 2. The lowest BCUT2D eigenvalue weighted by atomic mass is 10.3. The molecule has 0 unspecified atom stereocenters. The molecule has 0 fully saturated rings. The highest BCUT2D eigenvalue weighted by Crippen LogP contribution is 2.31. The fourth-order valence-corrected chi connectivity index (χ4v) is 1.61. The molecular formula is C12H9BrFNO. The van der Waals surface area contributed by atoms with Gasteiger partial charge >= 0.3 is 0 Å². The normalized spacial score (nSPS) is 10.1. The Morgan fingerprint density at radius 1 is 1.12 bits per heavy atom. The molecular weight excluding hydrogens is 273 g/mol. The molecule has 0 atom stereocenters. The van der Waals surface area contributed by atoms with Gasteiger partial charge in [-0.3, -0.25) is 0 Å². The van der Waals surface area contributed by atoms with E-state index in [4.69, 9.17) is 10.5 Å². The molecule has 2 aromatic carbocycles. The molecule has 0 saturated heterocycles. The zero-order chi connectivity index (χ0) is 11.5. The molecule has 0 aliphatic heterocycles. The molecule has 2 aromatic rings. The van der Waals surface area contributed by atoms with Crippen LogP contribution in [0.25, 0.3) is 0 Å². The highest BCUT2D eigenvalue weighted by atomic mass is 79.9. The van der Waals surface area contributed by atoms with E-state index in [0.717, 1.165) is 0 Å². The van der Waals surface area contributed by atoms with E-state index in [1.165, 1.54) is 12.1 Å². The molecule has 0 spiro atoms. The predicted octanol–water partition coefficient (Wildman–Crippen LogP) is 3.96. The molecule has 0 aromatic heterocycles. The Morgan fingerprint density at radius 3 is 2.50 bits per heavy atom. The van der Waals surface area contributed by atoms with Crippen LogP contribution < -0.4 is 10.5 Å². The summed E-state index contributed by atoms with van der Waals surface area (Å²) in [4.78, 5) is 0. The van der Waals surface area contributed by atoms with Gasteiger partial charge in [0.1, 0.15) is 11.6 Å². The average molecular weight is 282 g/mol. The number of anilines is 1. The number of benzene rings is 2. The highest BCUT2D eigenvalue weighted by molar-refractivity contribution is 9.10. The fourth-order valence-electron chi connectivity index (χ4n) is 1.25. The topological polar surface area (TPSA) is 35.2 Å². The van der Waals surface area contributed by atoms with E-state index in [0.29, 0.717) is 21.7 Å². The van der Waals surface area contributed by atoms with E-state index in [-0.39, 0.29) is 0 Å². The van der Waals surface area contributed by atoms with Gasteiger partial charge in [-0.25, -0.2) is 4.39 Å². The van der Waals surface area contributed by atoms with E-state index in [1.54, 1.807) is 12.1 Å². The number of hydrogen-bond acceptors (Lipinski definition) is 2. The maximum atomic E-state index is 13.3. The molecule has 0 radical (unpaired) electrons. The van der Waals surface area contributed by atoms with Crippen molar-refractivity contribution in [1.29, 1.82) is 0 Å². The van der Waals surface area contributed by atoms with Crippen molar-refractivity contribution in [2.75, 3.05) is 5.73 Å². The first-order chi connectivity index (χ1) is 7.66. The lowest BCUT2D eigenvalue weighted by molar-refractivity contribution is 0.478. The van der Waals surface area contributed by atoms with Gasteiger partial charge in [0, 0.05) is 6.07 Å². The van der Waals surface area contributed by atoms with Gasteiger partial charge in [0.15, 0.2) is 5.75 Å². The first kappa shape index (κ1) is 11.0. The molecule has 0 heterocycles. The number of nitrogen functional groups attached to an aromatic ring is 1. The summed E-state index contributed by atoms with van der Waals surface area (Å²) in [5.41, 5.74) is 6.10. The minimum atomic E-state index is -0.403. The van der Waals surface area contributed by atoms with Crippen molar-refractivity contribution < 1.29 is 9.13 Å². The number of hydrogen-bond donors (Lipinski definition) is 1. The SMILES string of the molecule is Nc1cc(Br)c(F)cc1Oc1ccccc1. The molecule has 0 bridgehead atoms. The Hall–Kier alpha value is -1.55. The largest absolute Gasteiger partial charge is 0.455 e. The van der Waals surface area contributed by atoms with Crippen LogP contribution >= 0.6 is 15.9 Å². The Labute approximate surface area is 101 Å². The van der Waals surface area contributed by atoms with Crippen molar-refractivity contribution >= 4 is 21.6 Å². The van der Waals surface area contributed by atoms with Crippen LogP contribution in [0, 0.1) is 5.82 Å². The van der Waals surface area contributed by atoms with Gasteiger partial charge in [-0.05, 0) is 34.1 Å². The average Bonchev–Trinajstić information content (AvgIpc) is 2.27. The molecule has 82 valence electrons.